The molecule has 1 amide bonds. The summed E-state index contributed by atoms with van der Waals surface area (Å²) in [6.45, 7) is 0. The Morgan fingerprint density at radius 3 is 2.85 bits per heavy atom. The van der Waals surface area contributed by atoms with Crippen LogP contribution in [-0.2, 0) is 0 Å². The van der Waals surface area contributed by atoms with Gasteiger partial charge in [0.15, 0.2) is 0 Å². The molecular weight excluding hydrogens is 286 g/mol. The van der Waals surface area contributed by atoms with Gasteiger partial charge in [0.2, 0.25) is 17.0 Å². The molecule has 0 spiro atoms. The van der Waals surface area contributed by atoms with Crippen molar-refractivity contribution < 1.29 is 9.72 Å². The van der Waals surface area contributed by atoms with Crippen LogP contribution in [0, 0.1) is 10.1 Å². The van der Waals surface area contributed by atoms with Gasteiger partial charge in [0.25, 0.3) is 0 Å². The fraction of sp³-hybridized carbons (Fsp3) is 0. The van der Waals surface area contributed by atoms with Gasteiger partial charge in [-0.05, 0) is 29.8 Å². The summed E-state index contributed by atoms with van der Waals surface area (Å²) < 4.78 is 0. The van der Waals surface area contributed by atoms with Crippen molar-refractivity contribution in [2.24, 2.45) is 5.73 Å². The van der Waals surface area contributed by atoms with Gasteiger partial charge in [0.1, 0.15) is 6.20 Å². The van der Waals surface area contributed by atoms with Crippen LogP contribution in [0.5, 0.6) is 0 Å². The van der Waals surface area contributed by atoms with Crippen LogP contribution >= 0.6 is 11.6 Å². The number of hydrogen-bond acceptors (Lipinski definition) is 6. The molecular formula is C11H8ClN5O3. The molecule has 0 fully saturated rings. The zero-order valence-corrected chi connectivity index (χ0v) is 10.7. The van der Waals surface area contributed by atoms with Crippen molar-refractivity contribution in [2.75, 3.05) is 5.32 Å². The Morgan fingerprint density at radius 2 is 2.20 bits per heavy atom. The van der Waals surface area contributed by atoms with E-state index in [1.54, 1.807) is 12.1 Å². The number of nitrogens with one attached hydrogen (secondary N) is 1. The topological polar surface area (TPSA) is 124 Å². The Labute approximate surface area is 117 Å². The second-order valence-corrected chi connectivity index (χ2v) is 4.04. The van der Waals surface area contributed by atoms with Crippen molar-refractivity contribution in [1.29, 1.82) is 0 Å². The number of amides is 1. The second-order valence-electron chi connectivity index (χ2n) is 3.70. The number of carbonyl (C=O) groups excluding carboxylic acids is 1. The van der Waals surface area contributed by atoms with Crippen LogP contribution in [0.15, 0.2) is 30.5 Å². The molecule has 3 N–H and O–H groups in total. The van der Waals surface area contributed by atoms with Gasteiger partial charge in [0.05, 0.1) is 4.92 Å². The third kappa shape index (κ3) is 2.98. The summed E-state index contributed by atoms with van der Waals surface area (Å²) >= 11 is 5.61. The molecule has 2 aromatic rings. The van der Waals surface area contributed by atoms with E-state index in [1.165, 1.54) is 12.1 Å². The van der Waals surface area contributed by atoms with Crippen molar-refractivity contribution in [3.63, 3.8) is 0 Å². The molecule has 0 aliphatic rings. The summed E-state index contributed by atoms with van der Waals surface area (Å²) in [5.41, 5.74) is 5.50. The number of primary amides is 1. The molecule has 8 nitrogen and oxygen atoms in total. The summed E-state index contributed by atoms with van der Waals surface area (Å²) in [4.78, 5) is 28.6. The largest absolute Gasteiger partial charge is 0.366 e. The molecule has 0 aliphatic carbocycles. The minimum atomic E-state index is -0.642. The van der Waals surface area contributed by atoms with E-state index >= 15 is 0 Å². The molecule has 1 aromatic heterocycles. The van der Waals surface area contributed by atoms with Gasteiger partial charge < -0.3 is 11.1 Å². The number of benzene rings is 1. The van der Waals surface area contributed by atoms with E-state index in [2.05, 4.69) is 15.3 Å². The number of carbonyl (C=O) groups is 1. The number of anilines is 2. The van der Waals surface area contributed by atoms with Crippen LogP contribution in [0.2, 0.25) is 5.28 Å². The van der Waals surface area contributed by atoms with Gasteiger partial charge in [-0.3, -0.25) is 14.9 Å². The van der Waals surface area contributed by atoms with Crippen molar-refractivity contribution >= 4 is 34.7 Å². The highest BCUT2D eigenvalue weighted by Gasteiger charge is 2.17. The first-order valence-corrected chi connectivity index (χ1v) is 5.69. The lowest BCUT2D eigenvalue weighted by atomic mass is 10.2. The van der Waals surface area contributed by atoms with Gasteiger partial charge in [0, 0.05) is 11.3 Å². The molecule has 20 heavy (non-hydrogen) atoms. The second kappa shape index (κ2) is 5.49. The Bertz CT molecular complexity index is 692. The van der Waals surface area contributed by atoms with Crippen molar-refractivity contribution in [3.05, 3.63) is 51.4 Å². The van der Waals surface area contributed by atoms with E-state index in [9.17, 15) is 14.9 Å². The highest BCUT2D eigenvalue weighted by atomic mass is 35.5. The maximum atomic E-state index is 11.1. The first-order chi connectivity index (χ1) is 9.47. The first kappa shape index (κ1) is 13.7. The molecule has 2 rings (SSSR count). The number of halogens is 1. The maximum Gasteiger partial charge on any atom is 0.329 e. The lowest BCUT2D eigenvalue weighted by Crippen LogP contribution is -2.11. The Kier molecular flexibility index (Phi) is 3.76. The zero-order valence-electron chi connectivity index (χ0n) is 9.91. The van der Waals surface area contributed by atoms with Crippen LogP contribution < -0.4 is 11.1 Å². The monoisotopic (exact) mass is 293 g/mol. The first-order valence-electron chi connectivity index (χ1n) is 5.31. The summed E-state index contributed by atoms with van der Waals surface area (Å²) in [7, 11) is 0. The lowest BCUT2D eigenvalue weighted by molar-refractivity contribution is -0.384. The molecule has 0 aliphatic heterocycles. The molecule has 0 bridgehead atoms. The zero-order chi connectivity index (χ0) is 14.7. The van der Waals surface area contributed by atoms with E-state index in [0.717, 1.165) is 6.20 Å². The average molecular weight is 294 g/mol. The number of aromatic nitrogens is 2. The molecule has 0 atom stereocenters. The normalized spacial score (nSPS) is 10.1. The smallest absolute Gasteiger partial charge is 0.329 e. The van der Waals surface area contributed by atoms with Crippen molar-refractivity contribution in [3.8, 4) is 0 Å². The predicted molar refractivity (Wildman–Crippen MR) is 71.9 cm³/mol. The number of hydrogen-bond donors (Lipinski definition) is 2. The molecule has 102 valence electrons. The number of nitrogens with two attached hydrogens (primary N) is 1. The van der Waals surface area contributed by atoms with E-state index in [0.29, 0.717) is 5.69 Å². The third-order valence-corrected chi connectivity index (χ3v) is 2.53. The highest BCUT2D eigenvalue weighted by Crippen LogP contribution is 2.25. The van der Waals surface area contributed by atoms with Crippen molar-refractivity contribution in [1.82, 2.24) is 9.97 Å². The predicted octanol–water partition coefficient (Wildman–Crippen LogP) is 1.88. The summed E-state index contributed by atoms with van der Waals surface area (Å²) in [5.74, 6) is -0.680. The standard InChI is InChI=1S/C11H8ClN5O3/c12-11-14-5-8(17(19)20)10(16-11)15-7-3-1-2-6(4-7)9(13)18/h1-5H,(H2,13,18)(H,14,15,16). The quantitative estimate of drug-likeness (QED) is 0.504. The molecule has 9 heteroatoms. The number of nitro groups is 1. The number of nitrogens with zero attached hydrogens (tertiary/aromatic N) is 3. The minimum absolute atomic E-state index is 0.0726. The molecule has 0 saturated carbocycles. The highest BCUT2D eigenvalue weighted by molar-refractivity contribution is 6.28. The van der Waals surface area contributed by atoms with Crippen molar-refractivity contribution in [2.45, 2.75) is 0 Å². The Balaban J connectivity index is 2.39. The summed E-state index contributed by atoms with van der Waals surface area (Å²) in [5, 5.41) is 13.4. The van der Waals surface area contributed by atoms with Crippen LogP contribution in [0.4, 0.5) is 17.2 Å². The maximum absolute atomic E-state index is 11.1. The summed E-state index contributed by atoms with van der Waals surface area (Å²) in [6.07, 6.45) is 0.996. The lowest BCUT2D eigenvalue weighted by Gasteiger charge is -2.07. The molecule has 1 heterocycles. The van der Waals surface area contributed by atoms with Crippen LogP contribution in [0.1, 0.15) is 10.4 Å². The van der Waals surface area contributed by atoms with E-state index in [-0.39, 0.29) is 22.4 Å². The Hall–Kier alpha value is -2.74. The molecule has 0 unspecified atom stereocenters. The fourth-order valence-corrected chi connectivity index (χ4v) is 1.60. The average Bonchev–Trinajstić information content (AvgIpc) is 2.38. The molecule has 0 saturated heterocycles. The van der Waals surface area contributed by atoms with Gasteiger partial charge >= 0.3 is 5.69 Å². The SMILES string of the molecule is NC(=O)c1cccc(Nc2nc(Cl)ncc2[N+](=O)[O-])c1. The minimum Gasteiger partial charge on any atom is -0.366 e. The van der Waals surface area contributed by atoms with E-state index in [1.807, 2.05) is 0 Å². The fourth-order valence-electron chi connectivity index (χ4n) is 1.47. The number of rotatable bonds is 4. The van der Waals surface area contributed by atoms with Gasteiger partial charge in [-0.2, -0.15) is 4.98 Å². The summed E-state index contributed by atoms with van der Waals surface area (Å²) in [6, 6.07) is 6.15. The van der Waals surface area contributed by atoms with E-state index < -0.39 is 10.8 Å². The molecule has 0 radical (unpaired) electrons. The molecule has 1 aromatic carbocycles. The third-order valence-electron chi connectivity index (χ3n) is 2.35. The van der Waals surface area contributed by atoms with Gasteiger partial charge in [-0.15, -0.1) is 0 Å². The van der Waals surface area contributed by atoms with Crippen LogP contribution in [0.3, 0.4) is 0 Å². The van der Waals surface area contributed by atoms with Crippen LogP contribution in [0.25, 0.3) is 0 Å². The van der Waals surface area contributed by atoms with E-state index in [4.69, 9.17) is 17.3 Å². The van der Waals surface area contributed by atoms with Gasteiger partial charge in [-0.25, -0.2) is 4.98 Å². The Morgan fingerprint density at radius 1 is 1.45 bits per heavy atom. The van der Waals surface area contributed by atoms with Crippen LogP contribution in [-0.4, -0.2) is 20.8 Å². The van der Waals surface area contributed by atoms with Gasteiger partial charge in [-0.1, -0.05) is 6.07 Å².